The summed E-state index contributed by atoms with van der Waals surface area (Å²) in [5.41, 5.74) is 0. The lowest BCUT2D eigenvalue weighted by molar-refractivity contribution is -0.340. The van der Waals surface area contributed by atoms with Gasteiger partial charge in [-0.1, -0.05) is 0 Å². The number of aliphatic carboxylic acids is 12. The Morgan fingerprint density at radius 1 is 0.312 bits per heavy atom. The molecule has 24 N–H and O–H groups in total. The SMILES string of the molecule is O=C(O)CN(CCN(CC(=O)O)CC(=O)O)CCN(CC(=O)O)CC(=O)N[C@H]1[C@@H](O[C@@H](CO)[C@@H](O)[C@H](O)[C@@H](CO)NC(=O)CN(CCN(CCN(CC(=O)O)CC(=O)O)CC(=O)O)CC(=O)O)O[C@H](CO)[C@@H](O[C@@H]2O[C@H](CO)[C@@H](O)[C@H](O)[C@H]2NC(=O)CN(CCN(CCN(CC(=O)O)CC(=O)O)CC(=O)O)CC(=O)O)[C@@H]1O. The fourth-order valence-electron chi connectivity index (χ4n) is 11.5. The largest absolute Gasteiger partial charge is 0.480 e. The number of hydrogen-bond acceptors (Lipinski definition) is 37. The average Bonchev–Trinajstić information content (AvgIpc) is 0.774. The number of carbonyl (C=O) groups is 15. The molecule has 2 saturated heterocycles. The topological polar surface area (TPSA) is 783 Å². The molecule has 0 aromatic heterocycles. The van der Waals surface area contributed by atoms with Crippen LogP contribution in [0, 0.1) is 0 Å². The van der Waals surface area contributed by atoms with Crippen LogP contribution >= 0.6 is 0 Å². The van der Waals surface area contributed by atoms with Crippen molar-refractivity contribution in [3.05, 3.63) is 0 Å². The van der Waals surface area contributed by atoms with Gasteiger partial charge in [-0.2, -0.15) is 0 Å². The number of aliphatic hydroxyl groups excluding tert-OH is 9. The van der Waals surface area contributed by atoms with Crippen LogP contribution in [-0.2, 0) is 90.9 Å². The molecule has 3 amide bonds. The number of amides is 3. The summed E-state index contributed by atoms with van der Waals surface area (Å²) in [5, 5.41) is 221. The minimum atomic E-state index is -2.55. The Bertz CT molecular complexity index is 3050. The number of rotatable bonds is 62. The van der Waals surface area contributed by atoms with Gasteiger partial charge in [-0.3, -0.25) is 116 Å². The maximum absolute atomic E-state index is 14.4. The van der Waals surface area contributed by atoms with Gasteiger partial charge in [0.25, 0.3) is 0 Å². The third-order valence-corrected chi connectivity index (χ3v) is 16.7. The summed E-state index contributed by atoms with van der Waals surface area (Å²) in [6, 6.07) is -6.37. The van der Waals surface area contributed by atoms with Gasteiger partial charge in [0.2, 0.25) is 17.7 Å². The van der Waals surface area contributed by atoms with E-state index in [2.05, 4.69) is 16.0 Å². The number of ether oxygens (including phenoxy) is 4. The second kappa shape index (κ2) is 51.0. The van der Waals surface area contributed by atoms with Crippen molar-refractivity contribution < 1.29 is 198 Å². The van der Waals surface area contributed by atoms with E-state index >= 15 is 0 Å². The highest BCUT2D eigenvalue weighted by atomic mass is 16.7. The van der Waals surface area contributed by atoms with E-state index in [1.54, 1.807) is 0 Å². The number of nitrogens with one attached hydrogen (secondary N) is 3. The maximum atomic E-state index is 14.4. The first-order valence-corrected chi connectivity index (χ1v) is 33.9. The van der Waals surface area contributed by atoms with Gasteiger partial charge in [-0.15, -0.1) is 0 Å². The standard InChI is InChI=1S/C60H100N12O40/c73-28-32(61-36(77)13-67(19-42(86)87)7-1-64(16-39(80)81)4-10-70(22-45(92)93)23-46(94)95)53(104)54(105)33(29-74)109-59-52(63-38(79)15-69(21-44(90)91)9-3-66(18-41(84)85)6-12-72(26-49(100)101)27-50(102)103)57(108)58(35(31-76)111-59)112-60-51(56(107)55(106)34(30-75)110-60)62-37(78)14-68(20-43(88)89)8-2-65(17-40(82)83)5-11-71(24-47(96)97)25-48(98)99/h32-35,51-60,73-76,104-108H,1-31H2,(H,61,77)(H,62,78)(H,63,79)(H,80,81)(H,82,83)(H,84,85)(H,86,87)(H,88,89)(H,90,91)(H,92,93)(H,94,95)(H,96,97)(H,98,99)(H,100,101)(H,102,103)/t32-,33+,34-,35-,51-,52-,53-,54-,55-,56-,57-,58-,59+,60+/m1/s1. The van der Waals surface area contributed by atoms with E-state index in [1.807, 2.05) is 0 Å². The van der Waals surface area contributed by atoms with E-state index in [4.69, 9.17) is 18.9 Å². The van der Waals surface area contributed by atoms with Crippen molar-refractivity contribution in [2.45, 2.75) is 85.6 Å². The van der Waals surface area contributed by atoms with Crippen LogP contribution in [0.15, 0.2) is 0 Å². The molecule has 52 nitrogen and oxygen atoms in total. The average molecular weight is 1630 g/mol. The fraction of sp³-hybridized carbons (Fsp3) is 0.750. The highest BCUT2D eigenvalue weighted by molar-refractivity contribution is 5.81. The Labute approximate surface area is 634 Å². The van der Waals surface area contributed by atoms with E-state index < -0.39 is 326 Å². The molecule has 0 saturated carbocycles. The van der Waals surface area contributed by atoms with Gasteiger partial charge in [0.05, 0.1) is 131 Å². The van der Waals surface area contributed by atoms with Crippen LogP contribution in [-0.4, -0.2) is 529 Å². The lowest BCUT2D eigenvalue weighted by Crippen LogP contribution is -2.70. The molecule has 0 aromatic carbocycles. The Morgan fingerprint density at radius 3 is 0.848 bits per heavy atom. The lowest BCUT2D eigenvalue weighted by Gasteiger charge is -2.48. The molecule has 0 aliphatic carbocycles. The van der Waals surface area contributed by atoms with Crippen LogP contribution in [0.2, 0.25) is 0 Å². The molecule has 0 aromatic rings. The molecule has 2 rings (SSSR count). The predicted octanol–water partition coefficient (Wildman–Crippen LogP) is -15.8. The van der Waals surface area contributed by atoms with Crippen LogP contribution in [0.1, 0.15) is 0 Å². The number of hydrogen-bond donors (Lipinski definition) is 24. The number of carbonyl (C=O) groups excluding carboxylic acids is 3. The van der Waals surface area contributed by atoms with Crippen molar-refractivity contribution in [1.29, 1.82) is 0 Å². The van der Waals surface area contributed by atoms with Gasteiger partial charge >= 0.3 is 71.6 Å². The van der Waals surface area contributed by atoms with Crippen molar-refractivity contribution in [2.24, 2.45) is 0 Å². The Hall–Kier alpha value is -8.83. The summed E-state index contributed by atoms with van der Waals surface area (Å²) in [6.07, 6.45) is -25.0. The van der Waals surface area contributed by atoms with Crippen molar-refractivity contribution in [3.63, 3.8) is 0 Å². The minimum Gasteiger partial charge on any atom is -0.480 e. The molecule has 52 heteroatoms. The quantitative estimate of drug-likeness (QED) is 0.0269. The molecule has 0 unspecified atom stereocenters. The Kier molecular flexibility index (Phi) is 45.2. The lowest BCUT2D eigenvalue weighted by atomic mass is 9.94. The van der Waals surface area contributed by atoms with E-state index in [9.17, 15) is 179 Å². The van der Waals surface area contributed by atoms with Crippen molar-refractivity contribution in [1.82, 2.24) is 60.0 Å². The molecule has 2 aliphatic rings. The molecule has 0 spiro atoms. The van der Waals surface area contributed by atoms with Gasteiger partial charge in [0, 0.05) is 78.5 Å². The zero-order valence-corrected chi connectivity index (χ0v) is 60.2. The number of aliphatic hydroxyl groups is 9. The Morgan fingerprint density at radius 2 is 0.571 bits per heavy atom. The number of carboxylic acids is 12. The second-order valence-corrected chi connectivity index (χ2v) is 25.7. The predicted molar refractivity (Wildman–Crippen MR) is 361 cm³/mol. The fourth-order valence-corrected chi connectivity index (χ4v) is 11.5. The molecular weight excluding hydrogens is 1530 g/mol. The minimum absolute atomic E-state index is 0.296. The molecule has 640 valence electrons. The van der Waals surface area contributed by atoms with Gasteiger partial charge in [-0.25, -0.2) is 0 Å². The highest BCUT2D eigenvalue weighted by Gasteiger charge is 2.53. The van der Waals surface area contributed by atoms with E-state index in [-0.39, 0.29) is 52.4 Å². The number of carboxylic acid groups (broad SMARTS) is 12. The molecule has 2 aliphatic heterocycles. The monoisotopic (exact) mass is 1630 g/mol. The molecule has 112 heavy (non-hydrogen) atoms. The second-order valence-electron chi connectivity index (χ2n) is 25.7. The molecule has 2 heterocycles. The smallest absolute Gasteiger partial charge is 0.317 e. The van der Waals surface area contributed by atoms with E-state index in [1.165, 1.54) is 0 Å². The summed E-state index contributed by atoms with van der Waals surface area (Å²) >= 11 is 0. The normalized spacial score (nSPS) is 21.1. The van der Waals surface area contributed by atoms with Crippen LogP contribution in [0.3, 0.4) is 0 Å². The van der Waals surface area contributed by atoms with Crippen LogP contribution in [0.25, 0.3) is 0 Å². The van der Waals surface area contributed by atoms with Crippen molar-refractivity contribution in [3.8, 4) is 0 Å². The first-order valence-electron chi connectivity index (χ1n) is 33.9. The molecular formula is C60H100N12O40. The summed E-state index contributed by atoms with van der Waals surface area (Å²) in [7, 11) is 0. The van der Waals surface area contributed by atoms with Gasteiger partial charge < -0.3 is 142 Å². The van der Waals surface area contributed by atoms with Gasteiger partial charge in [0.15, 0.2) is 12.6 Å². The first kappa shape index (κ1) is 99.2. The van der Waals surface area contributed by atoms with Gasteiger partial charge in [-0.05, 0) is 0 Å². The summed E-state index contributed by atoms with van der Waals surface area (Å²) in [5.74, 6) is -21.5. The van der Waals surface area contributed by atoms with E-state index in [0.717, 1.165) is 44.1 Å². The van der Waals surface area contributed by atoms with Crippen LogP contribution < -0.4 is 16.0 Å². The molecule has 0 radical (unpaired) electrons. The first-order chi connectivity index (χ1) is 52.5. The van der Waals surface area contributed by atoms with Crippen LogP contribution in [0.5, 0.6) is 0 Å². The zero-order chi connectivity index (χ0) is 84.8. The molecule has 14 atom stereocenters. The van der Waals surface area contributed by atoms with Crippen LogP contribution in [0.4, 0.5) is 0 Å². The van der Waals surface area contributed by atoms with Gasteiger partial charge in [0.1, 0.15) is 67.0 Å². The summed E-state index contributed by atoms with van der Waals surface area (Å²) in [6.45, 7) is -22.8. The Balaban J connectivity index is 2.71. The molecule has 2 fully saturated rings. The summed E-state index contributed by atoms with van der Waals surface area (Å²) in [4.78, 5) is 191. The highest BCUT2D eigenvalue weighted by Crippen LogP contribution is 2.31. The maximum Gasteiger partial charge on any atom is 0.317 e. The zero-order valence-electron chi connectivity index (χ0n) is 60.2. The third kappa shape index (κ3) is 39.1. The van der Waals surface area contributed by atoms with E-state index in [0.29, 0.717) is 0 Å². The van der Waals surface area contributed by atoms with Crippen molar-refractivity contribution in [2.75, 3.05) is 203 Å². The third-order valence-electron chi connectivity index (χ3n) is 16.7. The number of nitrogens with zero attached hydrogens (tertiary/aromatic N) is 9. The van der Waals surface area contributed by atoms with Crippen molar-refractivity contribution >= 4 is 89.4 Å². The summed E-state index contributed by atoms with van der Waals surface area (Å²) < 4.78 is 23.6. The molecule has 0 bridgehead atoms.